The lowest BCUT2D eigenvalue weighted by molar-refractivity contribution is 0.414. The molecule has 152 valence electrons. The summed E-state index contributed by atoms with van der Waals surface area (Å²) in [5, 5.41) is 0. The van der Waals surface area contributed by atoms with Crippen LogP contribution in [0.2, 0.25) is 0 Å². The molecule has 0 fully saturated rings. The van der Waals surface area contributed by atoms with E-state index in [1.54, 1.807) is 42.7 Å². The Morgan fingerprint density at radius 1 is 0.929 bits per heavy atom. The molecule has 0 aliphatic rings. The minimum Gasteiger partial charge on any atom is -0.497 e. The number of hydrogen-bond acceptors (Lipinski definition) is 6. The van der Waals surface area contributed by atoms with Crippen molar-refractivity contribution in [2.75, 3.05) is 7.11 Å². The van der Waals surface area contributed by atoms with Crippen LogP contribution < -0.4 is 4.74 Å². The Bertz CT molecular complexity index is 1050. The molecule has 0 bridgehead atoms. The van der Waals surface area contributed by atoms with Gasteiger partial charge < -0.3 is 4.74 Å². The standard InChI is InChI=1S/C21H27NO3S3/c1-20(2,3)17-15-16(18(27-17)21(4,5)6)26-19(22-15)28(23,24)12-13-8-10-14(25-7)11-9-13/h8-11H,12H2,1-7H3. The zero-order valence-electron chi connectivity index (χ0n) is 17.4. The quantitative estimate of drug-likeness (QED) is 0.507. The van der Waals surface area contributed by atoms with Crippen LogP contribution in [0.3, 0.4) is 0 Å². The number of benzene rings is 1. The lowest BCUT2D eigenvalue weighted by Gasteiger charge is -2.18. The van der Waals surface area contributed by atoms with E-state index in [-0.39, 0.29) is 20.9 Å². The monoisotopic (exact) mass is 437 g/mol. The lowest BCUT2D eigenvalue weighted by atomic mass is 9.92. The second kappa shape index (κ2) is 7.11. The molecule has 0 saturated heterocycles. The molecule has 0 amide bonds. The molecule has 0 aliphatic heterocycles. The van der Waals surface area contributed by atoms with Crippen molar-refractivity contribution in [1.82, 2.24) is 4.98 Å². The summed E-state index contributed by atoms with van der Waals surface area (Å²) in [4.78, 5) is 6.98. The van der Waals surface area contributed by atoms with Crippen molar-refractivity contribution in [2.45, 2.75) is 62.5 Å². The molecule has 28 heavy (non-hydrogen) atoms. The van der Waals surface area contributed by atoms with E-state index in [0.29, 0.717) is 5.75 Å². The Labute approximate surface area is 175 Å². The second-order valence-electron chi connectivity index (χ2n) is 9.02. The van der Waals surface area contributed by atoms with Gasteiger partial charge in [-0.15, -0.1) is 22.7 Å². The van der Waals surface area contributed by atoms with Crippen molar-refractivity contribution in [3.8, 4) is 5.75 Å². The Kier molecular flexibility index (Phi) is 5.40. The number of nitrogens with zero attached hydrogens (tertiary/aromatic N) is 1. The van der Waals surface area contributed by atoms with Crippen molar-refractivity contribution >= 4 is 42.7 Å². The van der Waals surface area contributed by atoms with Gasteiger partial charge in [-0.3, -0.25) is 0 Å². The SMILES string of the molecule is COc1ccc(CS(=O)(=O)c2nc3c(C(C)(C)C)sc(C(C)(C)C)c3s2)cc1. The molecule has 4 nitrogen and oxygen atoms in total. The third-order valence-corrected chi connectivity index (χ3v) is 9.75. The zero-order valence-corrected chi connectivity index (χ0v) is 19.9. The maximum atomic E-state index is 13.1. The topological polar surface area (TPSA) is 56.3 Å². The molecule has 1 aromatic carbocycles. The van der Waals surface area contributed by atoms with Crippen LogP contribution in [0.5, 0.6) is 5.75 Å². The summed E-state index contributed by atoms with van der Waals surface area (Å²) in [6.45, 7) is 12.9. The molecule has 0 atom stereocenters. The first kappa shape index (κ1) is 21.3. The van der Waals surface area contributed by atoms with E-state index in [9.17, 15) is 8.42 Å². The lowest BCUT2D eigenvalue weighted by Crippen LogP contribution is -2.10. The number of sulfone groups is 1. The average Bonchev–Trinajstić information content (AvgIpc) is 3.12. The predicted molar refractivity (Wildman–Crippen MR) is 119 cm³/mol. The van der Waals surface area contributed by atoms with E-state index < -0.39 is 9.84 Å². The molecule has 0 spiro atoms. The molecule has 3 rings (SSSR count). The third kappa shape index (κ3) is 4.11. The van der Waals surface area contributed by atoms with E-state index >= 15 is 0 Å². The summed E-state index contributed by atoms with van der Waals surface area (Å²) in [6, 6.07) is 7.13. The predicted octanol–water partition coefficient (Wildman–Crippen LogP) is 5.94. The molecule has 0 unspecified atom stereocenters. The highest BCUT2D eigenvalue weighted by atomic mass is 32.2. The zero-order chi connectivity index (χ0) is 20.9. The van der Waals surface area contributed by atoms with Crippen LogP contribution >= 0.6 is 22.7 Å². The highest BCUT2D eigenvalue weighted by Crippen LogP contribution is 2.46. The fourth-order valence-corrected chi connectivity index (χ4v) is 7.38. The maximum Gasteiger partial charge on any atom is 0.210 e. The van der Waals surface area contributed by atoms with Crippen molar-refractivity contribution in [3.63, 3.8) is 0 Å². The van der Waals surface area contributed by atoms with E-state index in [1.165, 1.54) is 16.2 Å². The molecule has 3 aromatic rings. The Balaban J connectivity index is 2.08. The van der Waals surface area contributed by atoms with Gasteiger partial charge in [-0.25, -0.2) is 13.4 Å². The maximum absolute atomic E-state index is 13.1. The van der Waals surface area contributed by atoms with E-state index in [0.717, 1.165) is 20.7 Å². The minimum atomic E-state index is -3.52. The van der Waals surface area contributed by atoms with Gasteiger partial charge in [0.25, 0.3) is 0 Å². The Morgan fingerprint density at radius 2 is 1.50 bits per heavy atom. The Morgan fingerprint density at radius 3 is 2.00 bits per heavy atom. The summed E-state index contributed by atoms with van der Waals surface area (Å²) >= 11 is 3.07. The second-order valence-corrected chi connectivity index (χ2v) is 13.2. The van der Waals surface area contributed by atoms with E-state index in [2.05, 4.69) is 46.5 Å². The number of thiophene rings is 1. The Hall–Kier alpha value is -1.44. The van der Waals surface area contributed by atoms with Gasteiger partial charge in [0.1, 0.15) is 5.75 Å². The first-order valence-corrected chi connectivity index (χ1v) is 12.4. The largest absolute Gasteiger partial charge is 0.497 e. The number of methoxy groups -OCH3 is 1. The summed E-state index contributed by atoms with van der Waals surface area (Å²) in [7, 11) is -1.93. The van der Waals surface area contributed by atoms with Crippen molar-refractivity contribution in [1.29, 1.82) is 0 Å². The van der Waals surface area contributed by atoms with Gasteiger partial charge in [0.05, 0.1) is 23.1 Å². The van der Waals surface area contributed by atoms with Crippen LogP contribution in [0.4, 0.5) is 0 Å². The fraction of sp³-hybridized carbons (Fsp3) is 0.476. The number of thiazole rings is 1. The molecular weight excluding hydrogens is 410 g/mol. The smallest absolute Gasteiger partial charge is 0.210 e. The third-order valence-electron chi connectivity index (χ3n) is 4.38. The number of ether oxygens (including phenoxy) is 1. The van der Waals surface area contributed by atoms with Gasteiger partial charge in [-0.2, -0.15) is 0 Å². The van der Waals surface area contributed by atoms with Crippen molar-refractivity contribution in [2.24, 2.45) is 0 Å². The van der Waals surface area contributed by atoms with Crippen LogP contribution in [0, 0.1) is 0 Å². The van der Waals surface area contributed by atoms with Gasteiger partial charge in [0.15, 0.2) is 0 Å². The molecule has 0 aliphatic carbocycles. The minimum absolute atomic E-state index is 0.0596. The molecule has 2 heterocycles. The molecule has 2 aromatic heterocycles. The van der Waals surface area contributed by atoms with Gasteiger partial charge >= 0.3 is 0 Å². The van der Waals surface area contributed by atoms with Crippen LogP contribution in [0.1, 0.15) is 56.9 Å². The highest BCUT2D eigenvalue weighted by Gasteiger charge is 2.32. The van der Waals surface area contributed by atoms with Crippen LogP contribution in [0.25, 0.3) is 10.2 Å². The highest BCUT2D eigenvalue weighted by molar-refractivity contribution is 7.92. The normalized spacial score (nSPS) is 13.2. The number of fused-ring (bicyclic) bond motifs is 1. The van der Waals surface area contributed by atoms with Crippen LogP contribution in [0.15, 0.2) is 28.6 Å². The molecule has 0 saturated carbocycles. The summed E-state index contributed by atoms with van der Waals surface area (Å²) in [5.41, 5.74) is 1.43. The number of aromatic nitrogens is 1. The first-order valence-electron chi connectivity index (χ1n) is 9.13. The van der Waals surface area contributed by atoms with Gasteiger partial charge in [0, 0.05) is 9.75 Å². The first-order chi connectivity index (χ1) is 12.8. The fourth-order valence-electron chi connectivity index (χ4n) is 2.94. The van der Waals surface area contributed by atoms with Gasteiger partial charge in [-0.05, 0) is 28.5 Å². The van der Waals surface area contributed by atoms with E-state index in [1.807, 2.05) is 0 Å². The number of hydrogen-bond donors (Lipinski definition) is 0. The van der Waals surface area contributed by atoms with Crippen LogP contribution in [-0.4, -0.2) is 20.5 Å². The van der Waals surface area contributed by atoms with Crippen LogP contribution in [-0.2, 0) is 26.4 Å². The molecular formula is C21H27NO3S3. The number of rotatable bonds is 4. The molecule has 0 radical (unpaired) electrons. The summed E-state index contributed by atoms with van der Waals surface area (Å²) < 4.78 is 32.5. The van der Waals surface area contributed by atoms with E-state index in [4.69, 9.17) is 4.74 Å². The molecule has 7 heteroatoms. The summed E-state index contributed by atoms with van der Waals surface area (Å²) in [6.07, 6.45) is 0. The average molecular weight is 438 g/mol. The van der Waals surface area contributed by atoms with Crippen molar-refractivity contribution < 1.29 is 13.2 Å². The molecule has 0 N–H and O–H groups in total. The summed E-state index contributed by atoms with van der Waals surface area (Å²) in [5.74, 6) is 0.645. The van der Waals surface area contributed by atoms with Gasteiger partial charge in [-0.1, -0.05) is 53.7 Å². The van der Waals surface area contributed by atoms with Gasteiger partial charge in [0.2, 0.25) is 14.2 Å². The van der Waals surface area contributed by atoms with Crippen molar-refractivity contribution in [3.05, 3.63) is 39.6 Å².